The Morgan fingerprint density at radius 2 is 1.95 bits per heavy atom. The Bertz CT molecular complexity index is 795. The molecule has 20 heavy (non-hydrogen) atoms. The second-order valence-corrected chi connectivity index (χ2v) is 6.16. The fraction of sp³-hybridized carbons (Fsp3) is 0. The van der Waals surface area contributed by atoms with Gasteiger partial charge < -0.3 is 4.74 Å². The molecule has 0 fully saturated rings. The summed E-state index contributed by atoms with van der Waals surface area (Å²) in [6.07, 6.45) is 3.38. The zero-order valence-corrected chi connectivity index (χ0v) is 13.9. The number of halogens is 3. The van der Waals surface area contributed by atoms with Gasteiger partial charge in [-0.25, -0.2) is 4.98 Å². The van der Waals surface area contributed by atoms with Crippen molar-refractivity contribution in [2.75, 3.05) is 0 Å². The summed E-state index contributed by atoms with van der Waals surface area (Å²) in [5.74, 6) is 1.09. The van der Waals surface area contributed by atoms with Crippen molar-refractivity contribution in [3.05, 3.63) is 56.7 Å². The standard InChI is InChI=1S/C14H7Br2ClN2O/c15-8-6-10(16)14(19-7-8)20-12-4-3-11(17)9-2-1-5-18-13(9)12/h1-7H. The van der Waals surface area contributed by atoms with Crippen LogP contribution in [0.2, 0.25) is 5.02 Å². The van der Waals surface area contributed by atoms with Gasteiger partial charge in [-0.3, -0.25) is 4.98 Å². The van der Waals surface area contributed by atoms with E-state index in [0.717, 1.165) is 14.3 Å². The average Bonchev–Trinajstić information content (AvgIpc) is 2.45. The quantitative estimate of drug-likeness (QED) is 0.547. The van der Waals surface area contributed by atoms with Gasteiger partial charge in [-0.15, -0.1) is 0 Å². The molecule has 0 saturated carbocycles. The molecule has 0 aliphatic carbocycles. The first-order chi connectivity index (χ1) is 9.65. The van der Waals surface area contributed by atoms with E-state index < -0.39 is 0 Å². The summed E-state index contributed by atoms with van der Waals surface area (Å²) in [6.45, 7) is 0. The third-order valence-electron chi connectivity index (χ3n) is 2.66. The molecule has 0 bridgehead atoms. The second kappa shape index (κ2) is 5.68. The van der Waals surface area contributed by atoms with Crippen molar-refractivity contribution in [3.63, 3.8) is 0 Å². The first-order valence-corrected chi connectivity index (χ1v) is 7.63. The highest BCUT2D eigenvalue weighted by molar-refractivity contribution is 9.11. The highest BCUT2D eigenvalue weighted by atomic mass is 79.9. The maximum Gasteiger partial charge on any atom is 0.233 e. The Morgan fingerprint density at radius 1 is 1.10 bits per heavy atom. The molecule has 3 rings (SSSR count). The van der Waals surface area contributed by atoms with Crippen molar-refractivity contribution in [2.24, 2.45) is 0 Å². The van der Waals surface area contributed by atoms with Crippen LogP contribution in [0.15, 0.2) is 51.7 Å². The van der Waals surface area contributed by atoms with Crippen LogP contribution >= 0.6 is 43.5 Å². The van der Waals surface area contributed by atoms with E-state index in [1.165, 1.54) is 0 Å². The summed E-state index contributed by atoms with van der Waals surface area (Å²) in [7, 11) is 0. The number of pyridine rings is 2. The van der Waals surface area contributed by atoms with Gasteiger partial charge in [0.25, 0.3) is 0 Å². The van der Waals surface area contributed by atoms with Crippen LogP contribution < -0.4 is 4.74 Å². The van der Waals surface area contributed by atoms with E-state index in [2.05, 4.69) is 41.8 Å². The fourth-order valence-corrected chi connectivity index (χ4v) is 3.06. The van der Waals surface area contributed by atoms with Crippen LogP contribution in [0.1, 0.15) is 0 Å². The molecule has 6 heteroatoms. The van der Waals surface area contributed by atoms with E-state index in [-0.39, 0.29) is 0 Å². The minimum Gasteiger partial charge on any atom is -0.436 e. The molecule has 0 amide bonds. The molecule has 0 saturated heterocycles. The van der Waals surface area contributed by atoms with Gasteiger partial charge in [-0.1, -0.05) is 11.6 Å². The number of aromatic nitrogens is 2. The van der Waals surface area contributed by atoms with Gasteiger partial charge in [0.15, 0.2) is 5.75 Å². The van der Waals surface area contributed by atoms with Gasteiger partial charge in [0, 0.05) is 22.3 Å². The summed E-state index contributed by atoms with van der Waals surface area (Å²) >= 11 is 12.9. The maximum absolute atomic E-state index is 6.16. The summed E-state index contributed by atoms with van der Waals surface area (Å²) in [5.41, 5.74) is 0.705. The van der Waals surface area contributed by atoms with Crippen LogP contribution in [-0.4, -0.2) is 9.97 Å². The molecule has 0 radical (unpaired) electrons. The van der Waals surface area contributed by atoms with Crippen LogP contribution in [0.25, 0.3) is 10.9 Å². The second-order valence-electron chi connectivity index (χ2n) is 3.99. The zero-order valence-electron chi connectivity index (χ0n) is 9.98. The number of ether oxygens (including phenoxy) is 1. The minimum atomic E-state index is 0.475. The molecule has 2 heterocycles. The molecule has 0 aliphatic rings. The Labute approximate surface area is 137 Å². The third kappa shape index (κ3) is 2.66. The van der Waals surface area contributed by atoms with Gasteiger partial charge >= 0.3 is 0 Å². The molecule has 0 spiro atoms. The zero-order chi connectivity index (χ0) is 14.1. The van der Waals surface area contributed by atoms with E-state index in [4.69, 9.17) is 16.3 Å². The lowest BCUT2D eigenvalue weighted by Gasteiger charge is -2.09. The molecule has 0 aliphatic heterocycles. The van der Waals surface area contributed by atoms with E-state index >= 15 is 0 Å². The van der Waals surface area contributed by atoms with Gasteiger partial charge in [0.1, 0.15) is 5.52 Å². The van der Waals surface area contributed by atoms with Crippen LogP contribution in [0.5, 0.6) is 11.6 Å². The van der Waals surface area contributed by atoms with E-state index in [1.807, 2.05) is 18.2 Å². The first-order valence-electron chi connectivity index (χ1n) is 5.67. The van der Waals surface area contributed by atoms with Crippen LogP contribution in [0.4, 0.5) is 0 Å². The van der Waals surface area contributed by atoms with E-state index in [9.17, 15) is 0 Å². The van der Waals surface area contributed by atoms with Crippen molar-refractivity contribution >= 4 is 54.4 Å². The predicted octanol–water partition coefficient (Wildman–Crippen LogP) is 5.60. The molecule has 0 atom stereocenters. The molecular formula is C14H7Br2ClN2O. The largest absolute Gasteiger partial charge is 0.436 e. The summed E-state index contributed by atoms with van der Waals surface area (Å²) in [5, 5.41) is 1.49. The Kier molecular flexibility index (Phi) is 3.92. The third-order valence-corrected chi connectivity index (χ3v) is 3.99. The lowest BCUT2D eigenvalue weighted by molar-refractivity contribution is 0.463. The predicted molar refractivity (Wildman–Crippen MR) is 86.5 cm³/mol. The van der Waals surface area contributed by atoms with Gasteiger partial charge in [-0.2, -0.15) is 0 Å². The van der Waals surface area contributed by atoms with Crippen molar-refractivity contribution in [2.45, 2.75) is 0 Å². The Hall–Kier alpha value is -1.17. The molecule has 2 aromatic heterocycles. The number of hydrogen-bond donors (Lipinski definition) is 0. The summed E-state index contributed by atoms with van der Waals surface area (Å²) in [6, 6.07) is 9.18. The van der Waals surface area contributed by atoms with Gasteiger partial charge in [0.05, 0.1) is 9.50 Å². The fourth-order valence-electron chi connectivity index (χ4n) is 1.78. The average molecular weight is 414 g/mol. The smallest absolute Gasteiger partial charge is 0.233 e. The van der Waals surface area contributed by atoms with Gasteiger partial charge in [0.2, 0.25) is 5.88 Å². The topological polar surface area (TPSA) is 35.0 Å². The lowest BCUT2D eigenvalue weighted by atomic mass is 10.2. The highest BCUT2D eigenvalue weighted by Crippen LogP contribution is 2.35. The monoisotopic (exact) mass is 412 g/mol. The molecule has 100 valence electrons. The number of fused-ring (bicyclic) bond motifs is 1. The van der Waals surface area contributed by atoms with Crippen LogP contribution in [0.3, 0.4) is 0 Å². The van der Waals surface area contributed by atoms with E-state index in [0.29, 0.717) is 22.2 Å². The molecule has 3 nitrogen and oxygen atoms in total. The maximum atomic E-state index is 6.16. The van der Waals surface area contributed by atoms with Crippen molar-refractivity contribution in [3.8, 4) is 11.6 Å². The first kappa shape index (κ1) is 13.8. The normalized spacial score (nSPS) is 10.8. The van der Waals surface area contributed by atoms with Crippen molar-refractivity contribution in [1.82, 2.24) is 9.97 Å². The summed E-state index contributed by atoms with van der Waals surface area (Å²) < 4.78 is 7.46. The van der Waals surface area contributed by atoms with Crippen LogP contribution in [0, 0.1) is 0 Å². The highest BCUT2D eigenvalue weighted by Gasteiger charge is 2.10. The number of nitrogens with zero attached hydrogens (tertiary/aromatic N) is 2. The molecule has 3 aromatic rings. The molecule has 0 N–H and O–H groups in total. The Balaban J connectivity index is 2.09. The Morgan fingerprint density at radius 3 is 2.75 bits per heavy atom. The van der Waals surface area contributed by atoms with Crippen molar-refractivity contribution < 1.29 is 4.74 Å². The SMILES string of the molecule is Clc1ccc(Oc2ncc(Br)cc2Br)c2ncccc12. The number of benzene rings is 1. The molecule has 0 unspecified atom stereocenters. The molecule has 1 aromatic carbocycles. The molecular weight excluding hydrogens is 407 g/mol. The van der Waals surface area contributed by atoms with Crippen LogP contribution in [-0.2, 0) is 0 Å². The number of hydrogen-bond acceptors (Lipinski definition) is 3. The van der Waals surface area contributed by atoms with Gasteiger partial charge in [-0.05, 0) is 62.2 Å². The van der Waals surface area contributed by atoms with E-state index in [1.54, 1.807) is 24.5 Å². The minimum absolute atomic E-state index is 0.475. The lowest BCUT2D eigenvalue weighted by Crippen LogP contribution is -1.92. The van der Waals surface area contributed by atoms with Crippen molar-refractivity contribution in [1.29, 1.82) is 0 Å². The summed E-state index contributed by atoms with van der Waals surface area (Å²) in [4.78, 5) is 8.55. The number of rotatable bonds is 2.